The molecule has 0 unspecified atom stereocenters. The topological polar surface area (TPSA) is 37.8 Å². The van der Waals surface area contributed by atoms with Gasteiger partial charge < -0.3 is 5.32 Å². The first-order valence-electron chi connectivity index (χ1n) is 6.27. The Bertz CT molecular complexity index is 314. The van der Waals surface area contributed by atoms with Crippen LogP contribution in [0.4, 0.5) is 0 Å². The summed E-state index contributed by atoms with van der Waals surface area (Å²) in [5, 5.41) is 3.40. The van der Waals surface area contributed by atoms with Crippen molar-refractivity contribution in [3.8, 4) is 0 Å². The highest BCUT2D eigenvalue weighted by molar-refractivity contribution is 5.08. The SMILES string of the molecule is CC(C)CNCc1cnc(C2CCC2)nc1. The molecule has 0 bridgehead atoms. The fraction of sp³-hybridized carbons (Fsp3) is 0.692. The van der Waals surface area contributed by atoms with Crippen LogP contribution in [0.5, 0.6) is 0 Å². The third kappa shape index (κ3) is 3.01. The lowest BCUT2D eigenvalue weighted by Crippen LogP contribution is -2.19. The van der Waals surface area contributed by atoms with Gasteiger partial charge in [0.2, 0.25) is 0 Å². The third-order valence-electron chi connectivity index (χ3n) is 3.08. The summed E-state index contributed by atoms with van der Waals surface area (Å²) in [6.45, 7) is 6.35. The Morgan fingerprint density at radius 1 is 1.31 bits per heavy atom. The van der Waals surface area contributed by atoms with Crippen molar-refractivity contribution >= 4 is 0 Å². The molecule has 0 amide bonds. The predicted molar refractivity (Wildman–Crippen MR) is 65.2 cm³/mol. The van der Waals surface area contributed by atoms with Crippen LogP contribution in [-0.2, 0) is 6.54 Å². The Hall–Kier alpha value is -0.960. The van der Waals surface area contributed by atoms with Crippen molar-refractivity contribution in [2.24, 2.45) is 5.92 Å². The van der Waals surface area contributed by atoms with Crippen LogP contribution in [-0.4, -0.2) is 16.5 Å². The van der Waals surface area contributed by atoms with Gasteiger partial charge in [0.15, 0.2) is 0 Å². The lowest BCUT2D eigenvalue weighted by Gasteiger charge is -2.23. The maximum absolute atomic E-state index is 4.45. The van der Waals surface area contributed by atoms with Crippen LogP contribution in [0.2, 0.25) is 0 Å². The first-order valence-corrected chi connectivity index (χ1v) is 6.27. The van der Waals surface area contributed by atoms with E-state index in [2.05, 4.69) is 29.1 Å². The summed E-state index contributed by atoms with van der Waals surface area (Å²) in [4.78, 5) is 8.89. The Balaban J connectivity index is 1.82. The molecule has 1 heterocycles. The molecule has 0 aliphatic heterocycles. The standard InChI is InChI=1S/C13H21N3/c1-10(2)6-14-7-11-8-15-13(16-9-11)12-4-3-5-12/h8-10,12,14H,3-7H2,1-2H3. The number of nitrogens with one attached hydrogen (secondary N) is 1. The van der Waals surface area contributed by atoms with E-state index in [0.29, 0.717) is 11.8 Å². The molecule has 0 radical (unpaired) electrons. The summed E-state index contributed by atoms with van der Waals surface area (Å²) < 4.78 is 0. The van der Waals surface area contributed by atoms with Crippen LogP contribution in [0.3, 0.4) is 0 Å². The van der Waals surface area contributed by atoms with Gasteiger partial charge in [-0.15, -0.1) is 0 Å². The Morgan fingerprint density at radius 2 is 2.00 bits per heavy atom. The molecule has 1 aliphatic carbocycles. The highest BCUT2D eigenvalue weighted by Crippen LogP contribution is 2.33. The highest BCUT2D eigenvalue weighted by atomic mass is 14.9. The second kappa shape index (κ2) is 5.39. The van der Waals surface area contributed by atoms with Crippen molar-refractivity contribution in [1.82, 2.24) is 15.3 Å². The second-order valence-electron chi connectivity index (χ2n) is 5.10. The van der Waals surface area contributed by atoms with Crippen molar-refractivity contribution in [3.63, 3.8) is 0 Å². The Morgan fingerprint density at radius 3 is 2.50 bits per heavy atom. The fourth-order valence-electron chi connectivity index (χ4n) is 1.84. The number of hydrogen-bond acceptors (Lipinski definition) is 3. The maximum Gasteiger partial charge on any atom is 0.131 e. The molecule has 1 aliphatic rings. The first kappa shape index (κ1) is 11.5. The van der Waals surface area contributed by atoms with Crippen LogP contribution in [0.25, 0.3) is 0 Å². The van der Waals surface area contributed by atoms with Gasteiger partial charge in [0, 0.05) is 30.4 Å². The molecule has 88 valence electrons. The van der Waals surface area contributed by atoms with Crippen molar-refractivity contribution in [2.75, 3.05) is 6.54 Å². The van der Waals surface area contributed by atoms with Gasteiger partial charge >= 0.3 is 0 Å². The normalized spacial score (nSPS) is 16.4. The molecular formula is C13H21N3. The van der Waals surface area contributed by atoms with Crippen molar-refractivity contribution in [3.05, 3.63) is 23.8 Å². The quantitative estimate of drug-likeness (QED) is 0.826. The van der Waals surface area contributed by atoms with Gasteiger partial charge in [-0.05, 0) is 25.3 Å². The van der Waals surface area contributed by atoms with Crippen LogP contribution < -0.4 is 5.32 Å². The zero-order valence-corrected chi connectivity index (χ0v) is 10.2. The molecule has 1 fully saturated rings. The van der Waals surface area contributed by atoms with E-state index in [4.69, 9.17) is 0 Å². The van der Waals surface area contributed by atoms with Crippen molar-refractivity contribution in [1.29, 1.82) is 0 Å². The highest BCUT2D eigenvalue weighted by Gasteiger charge is 2.21. The van der Waals surface area contributed by atoms with Crippen LogP contribution in [0.1, 0.15) is 50.4 Å². The zero-order chi connectivity index (χ0) is 11.4. The first-order chi connectivity index (χ1) is 7.75. The predicted octanol–water partition coefficient (Wildman–Crippen LogP) is 2.49. The molecule has 1 aromatic rings. The van der Waals surface area contributed by atoms with Crippen molar-refractivity contribution < 1.29 is 0 Å². The van der Waals surface area contributed by atoms with Crippen LogP contribution >= 0.6 is 0 Å². The monoisotopic (exact) mass is 219 g/mol. The van der Waals surface area contributed by atoms with E-state index >= 15 is 0 Å². The van der Waals surface area contributed by atoms with Gasteiger partial charge in [-0.3, -0.25) is 0 Å². The molecular weight excluding hydrogens is 198 g/mol. The minimum absolute atomic E-state index is 0.637. The van der Waals surface area contributed by atoms with Gasteiger partial charge in [0.25, 0.3) is 0 Å². The molecule has 1 saturated carbocycles. The average molecular weight is 219 g/mol. The average Bonchev–Trinajstić information content (AvgIpc) is 2.17. The minimum Gasteiger partial charge on any atom is -0.312 e. The van der Waals surface area contributed by atoms with Gasteiger partial charge in [-0.1, -0.05) is 20.3 Å². The van der Waals surface area contributed by atoms with E-state index in [-0.39, 0.29) is 0 Å². The number of aromatic nitrogens is 2. The molecule has 0 aromatic carbocycles. The van der Waals surface area contributed by atoms with E-state index in [1.807, 2.05) is 12.4 Å². The number of rotatable bonds is 5. The molecule has 0 spiro atoms. The van der Waals surface area contributed by atoms with Crippen LogP contribution in [0, 0.1) is 5.92 Å². The smallest absolute Gasteiger partial charge is 0.131 e. The van der Waals surface area contributed by atoms with E-state index in [0.717, 1.165) is 18.9 Å². The second-order valence-corrected chi connectivity index (χ2v) is 5.10. The van der Waals surface area contributed by atoms with Gasteiger partial charge in [-0.2, -0.15) is 0 Å². The maximum atomic E-state index is 4.45. The summed E-state index contributed by atoms with van der Waals surface area (Å²) in [7, 11) is 0. The summed E-state index contributed by atoms with van der Waals surface area (Å²) in [5.74, 6) is 2.37. The number of nitrogens with zero attached hydrogens (tertiary/aromatic N) is 2. The third-order valence-corrected chi connectivity index (χ3v) is 3.08. The number of hydrogen-bond donors (Lipinski definition) is 1. The summed E-state index contributed by atoms with van der Waals surface area (Å²) in [6, 6.07) is 0. The molecule has 1 aromatic heterocycles. The molecule has 3 heteroatoms. The molecule has 3 nitrogen and oxygen atoms in total. The van der Waals surface area contributed by atoms with Crippen LogP contribution in [0.15, 0.2) is 12.4 Å². The lowest BCUT2D eigenvalue weighted by atomic mass is 9.85. The lowest BCUT2D eigenvalue weighted by molar-refractivity contribution is 0.401. The molecule has 0 saturated heterocycles. The molecule has 16 heavy (non-hydrogen) atoms. The van der Waals surface area contributed by atoms with E-state index in [1.165, 1.54) is 24.8 Å². The Kier molecular flexibility index (Phi) is 3.88. The van der Waals surface area contributed by atoms with Gasteiger partial charge in [0.05, 0.1) is 0 Å². The zero-order valence-electron chi connectivity index (χ0n) is 10.2. The Labute approximate surface area is 97.7 Å². The molecule has 2 rings (SSSR count). The van der Waals surface area contributed by atoms with Crippen molar-refractivity contribution in [2.45, 2.75) is 45.6 Å². The van der Waals surface area contributed by atoms with E-state index in [1.54, 1.807) is 0 Å². The van der Waals surface area contributed by atoms with Gasteiger partial charge in [-0.25, -0.2) is 9.97 Å². The fourth-order valence-corrected chi connectivity index (χ4v) is 1.84. The molecule has 1 N–H and O–H groups in total. The van der Waals surface area contributed by atoms with Gasteiger partial charge in [0.1, 0.15) is 5.82 Å². The minimum atomic E-state index is 0.637. The summed E-state index contributed by atoms with van der Waals surface area (Å²) in [6.07, 6.45) is 7.81. The largest absolute Gasteiger partial charge is 0.312 e. The van der Waals surface area contributed by atoms with E-state index < -0.39 is 0 Å². The van der Waals surface area contributed by atoms with E-state index in [9.17, 15) is 0 Å². The summed E-state index contributed by atoms with van der Waals surface area (Å²) in [5.41, 5.74) is 1.18. The summed E-state index contributed by atoms with van der Waals surface area (Å²) >= 11 is 0. The molecule has 0 atom stereocenters.